The Morgan fingerprint density at radius 2 is 2.21 bits per heavy atom. The molecule has 2 rings (SSSR count). The average Bonchev–Trinajstić information content (AvgIpc) is 2.89. The molecule has 5 heteroatoms. The molecule has 0 aromatic carbocycles. The number of nitrogens with one attached hydrogen (secondary N) is 1. The van der Waals surface area contributed by atoms with Gasteiger partial charge in [0.05, 0.1) is 6.04 Å². The number of nitrogens with zero attached hydrogens (tertiary/aromatic N) is 2. The summed E-state index contributed by atoms with van der Waals surface area (Å²) in [6, 6.07) is 0.365. The first-order valence-corrected chi connectivity index (χ1v) is 9.33. The van der Waals surface area contributed by atoms with Crippen LogP contribution in [0, 0.1) is 0 Å². The molecule has 3 atom stereocenters. The molecule has 0 bridgehead atoms. The zero-order valence-corrected chi connectivity index (χ0v) is 13.8. The zero-order valence-electron chi connectivity index (χ0n) is 12.1. The standard InChI is InChI=1S/C14H25N3S2/c1-4-7-17-8-6-16-14(17)12(15-3)13-11(5-2)18-9-10-19-13/h6,8,11-13,15H,4-5,7,9-10H2,1-3H3. The maximum atomic E-state index is 4.63. The van der Waals surface area contributed by atoms with E-state index in [2.05, 4.69) is 65.5 Å². The summed E-state index contributed by atoms with van der Waals surface area (Å²) in [6.07, 6.45) is 6.46. The highest BCUT2D eigenvalue weighted by Crippen LogP contribution is 2.39. The van der Waals surface area contributed by atoms with Crippen molar-refractivity contribution in [3.8, 4) is 0 Å². The fourth-order valence-corrected chi connectivity index (χ4v) is 5.97. The highest BCUT2D eigenvalue weighted by Gasteiger charge is 2.34. The van der Waals surface area contributed by atoms with Crippen molar-refractivity contribution in [1.82, 2.24) is 14.9 Å². The van der Waals surface area contributed by atoms with Crippen molar-refractivity contribution in [2.45, 2.75) is 49.8 Å². The minimum Gasteiger partial charge on any atom is -0.334 e. The van der Waals surface area contributed by atoms with E-state index in [0.29, 0.717) is 11.3 Å². The molecule has 1 N–H and O–H groups in total. The minimum absolute atomic E-state index is 0.365. The number of aromatic nitrogens is 2. The Labute approximate surface area is 125 Å². The van der Waals surface area contributed by atoms with Crippen LogP contribution in [0.1, 0.15) is 38.6 Å². The van der Waals surface area contributed by atoms with Crippen molar-refractivity contribution in [1.29, 1.82) is 0 Å². The number of rotatable bonds is 6. The molecule has 0 amide bonds. The van der Waals surface area contributed by atoms with Crippen LogP contribution in [-0.4, -0.2) is 38.6 Å². The molecule has 1 aliphatic heterocycles. The van der Waals surface area contributed by atoms with Crippen LogP contribution in [0.25, 0.3) is 0 Å². The second-order valence-corrected chi connectivity index (χ2v) is 7.53. The molecule has 1 aliphatic rings. The Balaban J connectivity index is 2.19. The SMILES string of the molecule is CCCn1ccnc1C(NC)C1SCCSC1CC. The van der Waals surface area contributed by atoms with Gasteiger partial charge in [0.2, 0.25) is 0 Å². The second-order valence-electron chi connectivity index (χ2n) is 4.90. The molecule has 0 radical (unpaired) electrons. The minimum atomic E-state index is 0.365. The third-order valence-electron chi connectivity index (χ3n) is 3.62. The summed E-state index contributed by atoms with van der Waals surface area (Å²) < 4.78 is 2.31. The predicted molar refractivity (Wildman–Crippen MR) is 87.1 cm³/mol. The van der Waals surface area contributed by atoms with Crippen molar-refractivity contribution in [2.24, 2.45) is 0 Å². The Bertz CT molecular complexity index is 381. The molecule has 3 unspecified atom stereocenters. The summed E-state index contributed by atoms with van der Waals surface area (Å²) in [4.78, 5) is 4.63. The molecule has 19 heavy (non-hydrogen) atoms. The highest BCUT2D eigenvalue weighted by atomic mass is 32.2. The van der Waals surface area contributed by atoms with Crippen molar-refractivity contribution < 1.29 is 0 Å². The summed E-state index contributed by atoms with van der Waals surface area (Å²) in [7, 11) is 2.07. The normalized spacial score (nSPS) is 25.4. The monoisotopic (exact) mass is 299 g/mol. The first-order valence-electron chi connectivity index (χ1n) is 7.23. The van der Waals surface area contributed by atoms with Gasteiger partial charge in [-0.3, -0.25) is 0 Å². The molecule has 1 aromatic rings. The predicted octanol–water partition coefficient (Wildman–Crippen LogP) is 3.18. The van der Waals surface area contributed by atoms with E-state index in [1.54, 1.807) is 0 Å². The fraction of sp³-hybridized carbons (Fsp3) is 0.786. The lowest BCUT2D eigenvalue weighted by Crippen LogP contribution is -2.38. The molecule has 108 valence electrons. The summed E-state index contributed by atoms with van der Waals surface area (Å²) in [5.41, 5.74) is 0. The van der Waals surface area contributed by atoms with Gasteiger partial charge in [0.25, 0.3) is 0 Å². The van der Waals surface area contributed by atoms with Crippen LogP contribution in [0.4, 0.5) is 0 Å². The Kier molecular flexibility index (Phi) is 6.10. The Morgan fingerprint density at radius 1 is 1.42 bits per heavy atom. The number of hydrogen-bond donors (Lipinski definition) is 1. The van der Waals surface area contributed by atoms with Crippen molar-refractivity contribution in [2.75, 3.05) is 18.6 Å². The lowest BCUT2D eigenvalue weighted by Gasteiger charge is -2.35. The van der Waals surface area contributed by atoms with Crippen molar-refractivity contribution in [3.05, 3.63) is 18.2 Å². The third-order valence-corrected chi connectivity index (χ3v) is 6.97. The van der Waals surface area contributed by atoms with Gasteiger partial charge in [0.15, 0.2) is 0 Å². The topological polar surface area (TPSA) is 29.9 Å². The molecular formula is C14H25N3S2. The van der Waals surface area contributed by atoms with E-state index < -0.39 is 0 Å². The largest absolute Gasteiger partial charge is 0.334 e. The highest BCUT2D eigenvalue weighted by molar-refractivity contribution is 8.07. The molecule has 1 saturated heterocycles. The molecule has 0 aliphatic carbocycles. The molecule has 0 spiro atoms. The maximum absolute atomic E-state index is 4.63. The van der Waals surface area contributed by atoms with E-state index >= 15 is 0 Å². The quantitative estimate of drug-likeness (QED) is 0.874. The lowest BCUT2D eigenvalue weighted by atomic mass is 10.1. The van der Waals surface area contributed by atoms with E-state index in [0.717, 1.165) is 18.2 Å². The van der Waals surface area contributed by atoms with Crippen molar-refractivity contribution >= 4 is 23.5 Å². The summed E-state index contributed by atoms with van der Waals surface area (Å²) in [5.74, 6) is 3.76. The molecule has 2 heterocycles. The van der Waals surface area contributed by atoms with Gasteiger partial charge in [0.1, 0.15) is 5.82 Å². The molecule has 3 nitrogen and oxygen atoms in total. The van der Waals surface area contributed by atoms with Gasteiger partial charge >= 0.3 is 0 Å². The van der Waals surface area contributed by atoms with Crippen LogP contribution in [0.3, 0.4) is 0 Å². The first-order chi connectivity index (χ1) is 9.31. The van der Waals surface area contributed by atoms with Gasteiger partial charge < -0.3 is 9.88 Å². The summed E-state index contributed by atoms with van der Waals surface area (Å²) >= 11 is 4.25. The smallest absolute Gasteiger partial charge is 0.127 e. The van der Waals surface area contributed by atoms with E-state index in [1.807, 2.05) is 6.20 Å². The van der Waals surface area contributed by atoms with Crippen LogP contribution < -0.4 is 5.32 Å². The number of aryl methyl sites for hydroxylation is 1. The fourth-order valence-electron chi connectivity index (χ4n) is 2.72. The number of thioether (sulfide) groups is 2. The van der Waals surface area contributed by atoms with E-state index in [4.69, 9.17) is 0 Å². The summed E-state index contributed by atoms with van der Waals surface area (Å²) in [5, 5.41) is 4.89. The lowest BCUT2D eigenvalue weighted by molar-refractivity contribution is 0.485. The Morgan fingerprint density at radius 3 is 2.89 bits per heavy atom. The van der Waals surface area contributed by atoms with E-state index in [-0.39, 0.29) is 0 Å². The van der Waals surface area contributed by atoms with Crippen molar-refractivity contribution in [3.63, 3.8) is 0 Å². The van der Waals surface area contributed by atoms with Crippen LogP contribution in [0.15, 0.2) is 12.4 Å². The van der Waals surface area contributed by atoms with Gasteiger partial charge in [-0.05, 0) is 19.9 Å². The van der Waals surface area contributed by atoms with Gasteiger partial charge in [-0.15, -0.1) is 0 Å². The molecule has 0 saturated carbocycles. The van der Waals surface area contributed by atoms with Crippen LogP contribution >= 0.6 is 23.5 Å². The van der Waals surface area contributed by atoms with Gasteiger partial charge in [-0.25, -0.2) is 4.98 Å². The van der Waals surface area contributed by atoms with Crippen LogP contribution in [-0.2, 0) is 6.54 Å². The van der Waals surface area contributed by atoms with E-state index in [1.165, 1.54) is 23.8 Å². The van der Waals surface area contributed by atoms with Gasteiger partial charge in [-0.2, -0.15) is 23.5 Å². The first kappa shape index (κ1) is 15.3. The Hall–Kier alpha value is -0.130. The zero-order chi connectivity index (χ0) is 13.7. The average molecular weight is 300 g/mol. The third kappa shape index (κ3) is 3.50. The second kappa shape index (κ2) is 7.60. The molecular weight excluding hydrogens is 274 g/mol. The molecule has 1 aromatic heterocycles. The number of imidazole rings is 1. The van der Waals surface area contributed by atoms with Crippen LogP contribution in [0.5, 0.6) is 0 Å². The van der Waals surface area contributed by atoms with Gasteiger partial charge in [-0.1, -0.05) is 13.8 Å². The molecule has 1 fully saturated rings. The number of hydrogen-bond acceptors (Lipinski definition) is 4. The van der Waals surface area contributed by atoms with Gasteiger partial charge in [0, 0.05) is 40.9 Å². The van der Waals surface area contributed by atoms with E-state index in [9.17, 15) is 0 Å². The summed E-state index contributed by atoms with van der Waals surface area (Å²) in [6.45, 7) is 5.59. The van der Waals surface area contributed by atoms with Crippen LogP contribution in [0.2, 0.25) is 0 Å². The maximum Gasteiger partial charge on any atom is 0.127 e.